The Balaban J connectivity index is 1.10. The first-order valence-corrected chi connectivity index (χ1v) is 16.2. The monoisotopic (exact) mass is 614 g/mol. The largest absolute Gasteiger partial charge is 0.435 e. The van der Waals surface area contributed by atoms with Gasteiger partial charge in [0.25, 0.3) is 0 Å². The van der Waals surface area contributed by atoms with Gasteiger partial charge in [0, 0.05) is 28.0 Å². The molecule has 3 heteroatoms. The van der Waals surface area contributed by atoms with E-state index in [0.29, 0.717) is 5.89 Å². The Bertz CT molecular complexity index is 2540. The van der Waals surface area contributed by atoms with Crippen molar-refractivity contribution in [2.24, 2.45) is 0 Å². The van der Waals surface area contributed by atoms with E-state index in [4.69, 9.17) is 9.40 Å². The second kappa shape index (κ2) is 11.7. The Labute approximate surface area is 279 Å². The van der Waals surface area contributed by atoms with Crippen molar-refractivity contribution in [1.82, 2.24) is 4.98 Å². The first-order valence-electron chi connectivity index (χ1n) is 16.2. The molecule has 9 aromatic rings. The lowest BCUT2D eigenvalue weighted by atomic mass is 9.97. The van der Waals surface area contributed by atoms with Crippen LogP contribution in [0.1, 0.15) is 0 Å². The smallest absolute Gasteiger partial charge is 0.227 e. The molecule has 226 valence electrons. The second-order valence-corrected chi connectivity index (χ2v) is 12.0. The van der Waals surface area contributed by atoms with Crippen molar-refractivity contribution in [1.29, 1.82) is 0 Å². The number of aromatic nitrogens is 1. The van der Waals surface area contributed by atoms with Crippen molar-refractivity contribution in [2.75, 3.05) is 4.90 Å². The maximum atomic E-state index is 6.34. The first-order chi connectivity index (χ1) is 23.8. The molecule has 0 fully saturated rings. The zero-order valence-corrected chi connectivity index (χ0v) is 26.1. The maximum absolute atomic E-state index is 6.34. The minimum atomic E-state index is 0.633. The highest BCUT2D eigenvalue weighted by Crippen LogP contribution is 2.40. The predicted octanol–water partition coefficient (Wildman–Crippen LogP) is 12.6. The average Bonchev–Trinajstić information content (AvgIpc) is 3.61. The molecule has 0 aliphatic rings. The van der Waals surface area contributed by atoms with E-state index in [0.717, 1.165) is 55.6 Å². The molecule has 0 N–H and O–H groups in total. The van der Waals surface area contributed by atoms with Gasteiger partial charge in [0.2, 0.25) is 5.89 Å². The van der Waals surface area contributed by atoms with Crippen molar-refractivity contribution in [2.45, 2.75) is 0 Å². The van der Waals surface area contributed by atoms with Crippen molar-refractivity contribution < 1.29 is 4.42 Å². The molecule has 1 aromatic heterocycles. The van der Waals surface area contributed by atoms with Crippen LogP contribution in [-0.2, 0) is 0 Å². The summed E-state index contributed by atoms with van der Waals surface area (Å²) in [6, 6.07) is 64.0. The third-order valence-corrected chi connectivity index (χ3v) is 9.08. The lowest BCUT2D eigenvalue weighted by Crippen LogP contribution is -2.09. The summed E-state index contributed by atoms with van der Waals surface area (Å²) < 4.78 is 6.34. The molecule has 8 aromatic carbocycles. The van der Waals surface area contributed by atoms with Crippen LogP contribution in [0.25, 0.3) is 66.4 Å². The maximum Gasteiger partial charge on any atom is 0.227 e. The first kappa shape index (κ1) is 27.8. The third kappa shape index (κ3) is 4.99. The quantitative estimate of drug-likeness (QED) is 0.187. The van der Waals surface area contributed by atoms with Gasteiger partial charge in [-0.15, -0.1) is 0 Å². The number of hydrogen-bond acceptors (Lipinski definition) is 3. The number of fused-ring (bicyclic) bond motifs is 4. The summed E-state index contributed by atoms with van der Waals surface area (Å²) in [6.07, 6.45) is 0. The summed E-state index contributed by atoms with van der Waals surface area (Å²) in [5, 5.41) is 4.69. The zero-order chi connectivity index (χ0) is 31.9. The number of hydrogen-bond donors (Lipinski definition) is 0. The zero-order valence-electron chi connectivity index (χ0n) is 26.1. The molecule has 1 heterocycles. The van der Waals surface area contributed by atoms with Crippen molar-refractivity contribution in [3.63, 3.8) is 0 Å². The Kier molecular flexibility index (Phi) is 6.80. The summed E-state index contributed by atoms with van der Waals surface area (Å²) in [6.45, 7) is 0. The van der Waals surface area contributed by atoms with E-state index in [-0.39, 0.29) is 0 Å². The fourth-order valence-corrected chi connectivity index (χ4v) is 6.68. The molecule has 0 radical (unpaired) electrons. The number of rotatable bonds is 6. The van der Waals surface area contributed by atoms with Crippen LogP contribution in [0.5, 0.6) is 0 Å². The van der Waals surface area contributed by atoms with Crippen LogP contribution in [0.15, 0.2) is 186 Å². The number of para-hydroxylation sites is 1. The Morgan fingerprint density at radius 1 is 0.396 bits per heavy atom. The Morgan fingerprint density at radius 3 is 1.69 bits per heavy atom. The van der Waals surface area contributed by atoms with E-state index in [1.807, 2.05) is 30.3 Å². The molecular weight excluding hydrogens is 585 g/mol. The van der Waals surface area contributed by atoms with Gasteiger partial charge in [-0.05, 0) is 99.1 Å². The van der Waals surface area contributed by atoms with Crippen molar-refractivity contribution in [3.05, 3.63) is 182 Å². The van der Waals surface area contributed by atoms with Gasteiger partial charge in [-0.1, -0.05) is 121 Å². The standard InChI is InChI=1S/C45H30N2O/c1-3-12-34(13-4-1)45-46-43-30-42(40-17-9-10-18-41(40)44(43)48-45)33-23-27-39(28-24-33)47(37-15-5-2-6-16-37)38-25-21-32(22-26-38)36-20-19-31-11-7-8-14-35(31)29-36/h1-30H. The van der Waals surface area contributed by atoms with Gasteiger partial charge in [-0.2, -0.15) is 0 Å². The highest BCUT2D eigenvalue weighted by Gasteiger charge is 2.17. The molecule has 0 atom stereocenters. The number of benzene rings is 8. The molecule has 48 heavy (non-hydrogen) atoms. The van der Waals surface area contributed by atoms with Gasteiger partial charge >= 0.3 is 0 Å². The molecule has 0 saturated carbocycles. The van der Waals surface area contributed by atoms with Gasteiger partial charge in [0.1, 0.15) is 5.52 Å². The van der Waals surface area contributed by atoms with Crippen LogP contribution in [0.3, 0.4) is 0 Å². The Hall–Kier alpha value is -6.45. The molecular formula is C45H30N2O. The van der Waals surface area contributed by atoms with Crippen LogP contribution < -0.4 is 4.90 Å². The topological polar surface area (TPSA) is 29.3 Å². The molecule has 0 aliphatic heterocycles. The summed E-state index contributed by atoms with van der Waals surface area (Å²) in [5.41, 5.74) is 10.6. The van der Waals surface area contributed by atoms with Crippen LogP contribution in [0.4, 0.5) is 17.1 Å². The minimum Gasteiger partial charge on any atom is -0.435 e. The summed E-state index contributed by atoms with van der Waals surface area (Å²) in [7, 11) is 0. The van der Waals surface area contributed by atoms with Crippen LogP contribution in [0, 0.1) is 0 Å². The summed E-state index contributed by atoms with van der Waals surface area (Å²) in [4.78, 5) is 7.22. The van der Waals surface area contributed by atoms with Gasteiger partial charge < -0.3 is 9.32 Å². The van der Waals surface area contributed by atoms with Gasteiger partial charge in [-0.25, -0.2) is 4.98 Å². The van der Waals surface area contributed by atoms with E-state index in [1.165, 1.54) is 21.9 Å². The summed E-state index contributed by atoms with van der Waals surface area (Å²) >= 11 is 0. The van der Waals surface area contributed by atoms with Crippen LogP contribution in [-0.4, -0.2) is 4.98 Å². The number of oxazole rings is 1. The minimum absolute atomic E-state index is 0.633. The fourth-order valence-electron chi connectivity index (χ4n) is 6.68. The lowest BCUT2D eigenvalue weighted by Gasteiger charge is -2.26. The molecule has 0 aliphatic carbocycles. The molecule has 0 amide bonds. The summed E-state index contributed by atoms with van der Waals surface area (Å²) in [5.74, 6) is 0.633. The molecule has 0 spiro atoms. The SMILES string of the molecule is c1ccc(-c2nc3cc(-c4ccc(N(c5ccccc5)c5ccc(-c6ccc7ccccc7c6)cc5)cc4)c4ccccc4c3o2)cc1. The van der Waals surface area contributed by atoms with E-state index >= 15 is 0 Å². The molecule has 3 nitrogen and oxygen atoms in total. The predicted molar refractivity (Wildman–Crippen MR) is 200 cm³/mol. The molecule has 0 unspecified atom stereocenters. The van der Waals surface area contributed by atoms with E-state index in [9.17, 15) is 0 Å². The molecule has 9 rings (SSSR count). The van der Waals surface area contributed by atoms with Gasteiger partial charge in [-0.3, -0.25) is 0 Å². The van der Waals surface area contributed by atoms with E-state index in [1.54, 1.807) is 0 Å². The normalized spacial score (nSPS) is 11.3. The fraction of sp³-hybridized carbons (Fsp3) is 0. The third-order valence-electron chi connectivity index (χ3n) is 9.08. The van der Waals surface area contributed by atoms with E-state index in [2.05, 4.69) is 157 Å². The van der Waals surface area contributed by atoms with Crippen LogP contribution in [0.2, 0.25) is 0 Å². The average molecular weight is 615 g/mol. The second-order valence-electron chi connectivity index (χ2n) is 12.0. The van der Waals surface area contributed by atoms with E-state index < -0.39 is 0 Å². The number of anilines is 3. The van der Waals surface area contributed by atoms with Crippen molar-refractivity contribution in [3.8, 4) is 33.7 Å². The highest BCUT2D eigenvalue weighted by atomic mass is 16.3. The Morgan fingerprint density at radius 2 is 0.958 bits per heavy atom. The van der Waals surface area contributed by atoms with Gasteiger partial charge in [0.05, 0.1) is 0 Å². The number of nitrogens with zero attached hydrogens (tertiary/aromatic N) is 2. The van der Waals surface area contributed by atoms with Gasteiger partial charge in [0.15, 0.2) is 5.58 Å². The van der Waals surface area contributed by atoms with Crippen molar-refractivity contribution >= 4 is 49.7 Å². The lowest BCUT2D eigenvalue weighted by molar-refractivity contribution is 0.623. The highest BCUT2D eigenvalue weighted by molar-refractivity contribution is 6.11. The molecule has 0 bridgehead atoms. The van der Waals surface area contributed by atoms with Crippen LogP contribution >= 0.6 is 0 Å². The molecule has 0 saturated heterocycles.